The summed E-state index contributed by atoms with van der Waals surface area (Å²) in [5, 5.41) is 6.37. The first kappa shape index (κ1) is 20.8. The van der Waals surface area contributed by atoms with Crippen LogP contribution in [-0.4, -0.2) is 86.5 Å². The van der Waals surface area contributed by atoms with Crippen molar-refractivity contribution < 1.29 is 19.1 Å². The number of carbonyl (C=O) groups excluding carboxylic acids is 3. The summed E-state index contributed by atoms with van der Waals surface area (Å²) in [6, 6.07) is 0. The van der Waals surface area contributed by atoms with Gasteiger partial charge in [-0.05, 0) is 31.1 Å². The molecular formula is C21H31N5O4. The number of allylic oxidation sites excluding steroid dienone is 2. The van der Waals surface area contributed by atoms with Crippen LogP contribution < -0.4 is 10.6 Å². The van der Waals surface area contributed by atoms with Gasteiger partial charge in [0.05, 0.1) is 17.9 Å². The van der Waals surface area contributed by atoms with E-state index in [1.165, 1.54) is 9.80 Å². The van der Waals surface area contributed by atoms with Crippen LogP contribution >= 0.6 is 0 Å². The minimum atomic E-state index is -0.170. The number of amides is 3. The Balaban J connectivity index is 1.31. The fourth-order valence-electron chi connectivity index (χ4n) is 4.95. The molecule has 0 spiro atoms. The maximum Gasteiger partial charge on any atom is 0.243 e. The minimum Gasteiger partial charge on any atom is -0.376 e. The second-order valence-corrected chi connectivity index (χ2v) is 8.72. The molecule has 2 bridgehead atoms. The summed E-state index contributed by atoms with van der Waals surface area (Å²) < 4.78 is 5.63. The van der Waals surface area contributed by atoms with Gasteiger partial charge in [0.25, 0.3) is 0 Å². The number of nitrogens with zero attached hydrogens (tertiary/aromatic N) is 3. The Bertz CT molecular complexity index is 728. The van der Waals surface area contributed by atoms with Crippen molar-refractivity contribution in [2.75, 3.05) is 46.9 Å². The Labute approximate surface area is 176 Å². The molecule has 1 saturated carbocycles. The van der Waals surface area contributed by atoms with Crippen LogP contribution in [0.5, 0.6) is 0 Å². The third kappa shape index (κ3) is 4.08. The molecule has 5 unspecified atom stereocenters. The van der Waals surface area contributed by atoms with Crippen molar-refractivity contribution in [3.8, 4) is 0 Å². The van der Waals surface area contributed by atoms with Gasteiger partial charge in [0.2, 0.25) is 17.7 Å². The highest BCUT2D eigenvalue weighted by atomic mass is 16.5. The van der Waals surface area contributed by atoms with Gasteiger partial charge in [-0.15, -0.1) is 0 Å². The molecule has 5 atom stereocenters. The third-order valence-corrected chi connectivity index (χ3v) is 6.58. The van der Waals surface area contributed by atoms with Crippen LogP contribution in [-0.2, 0) is 19.1 Å². The number of likely N-dealkylation sites (tertiary alicyclic amines) is 1. The number of fused-ring (bicyclic) bond motifs is 5. The molecule has 9 nitrogen and oxygen atoms in total. The number of imide groups is 1. The molecule has 2 aliphatic carbocycles. The highest BCUT2D eigenvalue weighted by Gasteiger charge is 2.58. The van der Waals surface area contributed by atoms with Gasteiger partial charge in [0, 0.05) is 40.3 Å². The van der Waals surface area contributed by atoms with E-state index in [4.69, 9.17) is 4.74 Å². The summed E-state index contributed by atoms with van der Waals surface area (Å²) >= 11 is 0. The molecule has 3 amide bonds. The molecule has 9 heteroatoms. The SMILES string of the molecule is CN(C)C(=O)CN=C(NCCN1C(=O)C2C3C=CC(C3)C2C1=O)NCC1CCCO1. The van der Waals surface area contributed by atoms with E-state index in [1.54, 1.807) is 14.1 Å². The molecule has 2 saturated heterocycles. The lowest BCUT2D eigenvalue weighted by Gasteiger charge is -2.20. The summed E-state index contributed by atoms with van der Waals surface area (Å²) in [5.41, 5.74) is 0. The molecule has 0 aromatic heterocycles. The van der Waals surface area contributed by atoms with Crippen molar-refractivity contribution in [1.82, 2.24) is 20.4 Å². The molecule has 0 radical (unpaired) electrons. The minimum absolute atomic E-state index is 0.0224. The number of guanidine groups is 1. The number of aliphatic imine (C=N–C) groups is 1. The first-order chi connectivity index (χ1) is 14.5. The van der Waals surface area contributed by atoms with Crippen molar-refractivity contribution in [1.29, 1.82) is 0 Å². The maximum absolute atomic E-state index is 12.8. The third-order valence-electron chi connectivity index (χ3n) is 6.58. The van der Waals surface area contributed by atoms with Gasteiger partial charge >= 0.3 is 0 Å². The normalized spacial score (nSPS) is 32.1. The zero-order valence-electron chi connectivity index (χ0n) is 17.7. The van der Waals surface area contributed by atoms with Gasteiger partial charge in [-0.1, -0.05) is 12.2 Å². The van der Waals surface area contributed by atoms with Crippen molar-refractivity contribution in [2.24, 2.45) is 28.7 Å². The van der Waals surface area contributed by atoms with Crippen LogP contribution in [0.3, 0.4) is 0 Å². The lowest BCUT2D eigenvalue weighted by Crippen LogP contribution is -2.45. The first-order valence-electron chi connectivity index (χ1n) is 10.8. The molecule has 4 aliphatic rings. The van der Waals surface area contributed by atoms with Crippen LogP contribution in [0.15, 0.2) is 17.1 Å². The Morgan fingerprint density at radius 1 is 1.20 bits per heavy atom. The maximum atomic E-state index is 12.8. The van der Waals surface area contributed by atoms with Gasteiger partial charge in [-0.2, -0.15) is 0 Å². The molecule has 30 heavy (non-hydrogen) atoms. The summed E-state index contributed by atoms with van der Waals surface area (Å²) in [7, 11) is 3.38. The Kier molecular flexibility index (Phi) is 6.08. The highest BCUT2D eigenvalue weighted by molar-refractivity contribution is 6.06. The number of hydrogen-bond donors (Lipinski definition) is 2. The van der Waals surface area contributed by atoms with Gasteiger partial charge in [-0.25, -0.2) is 4.99 Å². The van der Waals surface area contributed by atoms with Crippen molar-refractivity contribution in [3.63, 3.8) is 0 Å². The van der Waals surface area contributed by atoms with Crippen molar-refractivity contribution >= 4 is 23.7 Å². The van der Waals surface area contributed by atoms with Crippen LogP contribution in [0.1, 0.15) is 19.3 Å². The lowest BCUT2D eigenvalue weighted by atomic mass is 9.85. The van der Waals surface area contributed by atoms with E-state index in [0.717, 1.165) is 25.9 Å². The molecule has 0 aromatic carbocycles. The summed E-state index contributed by atoms with van der Waals surface area (Å²) in [4.78, 5) is 44.7. The van der Waals surface area contributed by atoms with Crippen LogP contribution in [0.2, 0.25) is 0 Å². The Morgan fingerprint density at radius 3 is 2.50 bits per heavy atom. The number of nitrogens with one attached hydrogen (secondary N) is 2. The zero-order chi connectivity index (χ0) is 21.3. The zero-order valence-corrected chi connectivity index (χ0v) is 17.7. The average molecular weight is 418 g/mol. The van der Waals surface area contributed by atoms with Crippen molar-refractivity contribution in [2.45, 2.75) is 25.4 Å². The Morgan fingerprint density at radius 2 is 1.90 bits per heavy atom. The summed E-state index contributed by atoms with van der Waals surface area (Å²) in [6.45, 7) is 2.07. The second kappa shape index (κ2) is 8.75. The first-order valence-corrected chi connectivity index (χ1v) is 10.8. The predicted octanol–water partition coefficient (Wildman–Crippen LogP) is -0.404. The molecule has 2 aliphatic heterocycles. The highest BCUT2D eigenvalue weighted by Crippen LogP contribution is 2.52. The molecule has 0 aromatic rings. The largest absolute Gasteiger partial charge is 0.376 e. The Hall–Kier alpha value is -2.42. The van der Waals surface area contributed by atoms with E-state index in [-0.39, 0.29) is 54.0 Å². The molecule has 3 fully saturated rings. The number of hydrogen-bond acceptors (Lipinski definition) is 5. The molecule has 164 valence electrons. The molecule has 2 heterocycles. The van der Waals surface area contributed by atoms with E-state index in [1.807, 2.05) is 0 Å². The van der Waals surface area contributed by atoms with E-state index in [9.17, 15) is 14.4 Å². The topological polar surface area (TPSA) is 103 Å². The van der Waals surface area contributed by atoms with Gasteiger partial charge in [-0.3, -0.25) is 19.3 Å². The number of likely N-dealkylation sites (N-methyl/N-ethyl adjacent to an activating group) is 1. The number of carbonyl (C=O) groups is 3. The molecule has 2 N–H and O–H groups in total. The standard InChI is InChI=1S/C21H31N5O4/c1-25(2)16(27)12-24-21(23-11-15-4-3-9-30-15)22-7-8-26-19(28)17-13-5-6-14(10-13)18(17)20(26)29/h5-6,13-15,17-18H,3-4,7-12H2,1-2H3,(H2,22,23,24). The van der Waals surface area contributed by atoms with Gasteiger partial charge < -0.3 is 20.3 Å². The fraction of sp³-hybridized carbons (Fsp3) is 0.714. The summed E-state index contributed by atoms with van der Waals surface area (Å²) in [5.74, 6) is 0.394. The van der Waals surface area contributed by atoms with Crippen LogP contribution in [0.4, 0.5) is 0 Å². The van der Waals surface area contributed by atoms with Gasteiger partial charge in [0.15, 0.2) is 5.96 Å². The van der Waals surface area contributed by atoms with E-state index >= 15 is 0 Å². The fourth-order valence-corrected chi connectivity index (χ4v) is 4.95. The number of ether oxygens (including phenoxy) is 1. The predicted molar refractivity (Wildman–Crippen MR) is 110 cm³/mol. The van der Waals surface area contributed by atoms with Crippen LogP contribution in [0, 0.1) is 23.7 Å². The molecular weight excluding hydrogens is 386 g/mol. The van der Waals surface area contributed by atoms with E-state index < -0.39 is 0 Å². The second-order valence-electron chi connectivity index (χ2n) is 8.72. The monoisotopic (exact) mass is 417 g/mol. The number of rotatable bonds is 7. The van der Waals surface area contributed by atoms with Crippen LogP contribution in [0.25, 0.3) is 0 Å². The van der Waals surface area contributed by atoms with E-state index in [2.05, 4.69) is 27.8 Å². The molecule has 4 rings (SSSR count). The van der Waals surface area contributed by atoms with Gasteiger partial charge in [0.1, 0.15) is 6.54 Å². The van der Waals surface area contributed by atoms with Crippen molar-refractivity contribution in [3.05, 3.63) is 12.2 Å². The smallest absolute Gasteiger partial charge is 0.243 e. The quantitative estimate of drug-likeness (QED) is 0.253. The summed E-state index contributed by atoms with van der Waals surface area (Å²) in [6.07, 6.45) is 7.30. The van der Waals surface area contributed by atoms with E-state index in [0.29, 0.717) is 25.6 Å². The lowest BCUT2D eigenvalue weighted by molar-refractivity contribution is -0.140. The average Bonchev–Trinajstić information content (AvgIpc) is 3.50.